The molecule has 28 heavy (non-hydrogen) atoms. The molecule has 0 saturated carbocycles. The molecule has 2 heterocycles. The normalized spacial score (nSPS) is 17.8. The molecule has 2 aliphatic heterocycles. The van der Waals surface area contributed by atoms with E-state index < -0.39 is 0 Å². The minimum Gasteiger partial charge on any atom is -0.486 e. The van der Waals surface area contributed by atoms with Crippen LogP contribution in [0.15, 0.2) is 42.5 Å². The van der Waals surface area contributed by atoms with Gasteiger partial charge in [0.1, 0.15) is 13.2 Å². The van der Waals surface area contributed by atoms with E-state index in [1.165, 1.54) is 5.56 Å². The van der Waals surface area contributed by atoms with Crippen molar-refractivity contribution >= 4 is 5.91 Å². The molecule has 6 nitrogen and oxygen atoms in total. The van der Waals surface area contributed by atoms with Crippen molar-refractivity contribution in [1.29, 1.82) is 0 Å². The quantitative estimate of drug-likeness (QED) is 0.862. The molecule has 148 valence electrons. The first-order valence-corrected chi connectivity index (χ1v) is 9.78. The number of carbonyl (C=O) groups excluding carboxylic acids is 1. The van der Waals surface area contributed by atoms with Crippen molar-refractivity contribution in [1.82, 2.24) is 10.2 Å². The van der Waals surface area contributed by atoms with Crippen LogP contribution in [0.5, 0.6) is 11.5 Å². The molecule has 1 atom stereocenters. The third-order valence-corrected chi connectivity index (χ3v) is 5.14. The highest BCUT2D eigenvalue weighted by molar-refractivity contribution is 5.94. The molecule has 1 saturated heterocycles. The predicted molar refractivity (Wildman–Crippen MR) is 106 cm³/mol. The van der Waals surface area contributed by atoms with Crippen molar-refractivity contribution in [2.24, 2.45) is 0 Å². The van der Waals surface area contributed by atoms with Gasteiger partial charge < -0.3 is 19.5 Å². The summed E-state index contributed by atoms with van der Waals surface area (Å²) >= 11 is 0. The highest BCUT2D eigenvalue weighted by atomic mass is 16.6. The third kappa shape index (κ3) is 4.46. The van der Waals surface area contributed by atoms with Gasteiger partial charge in [0, 0.05) is 25.2 Å². The second-order valence-electron chi connectivity index (χ2n) is 7.18. The minimum atomic E-state index is -0.128. The van der Waals surface area contributed by atoms with Crippen molar-refractivity contribution in [3.05, 3.63) is 59.2 Å². The summed E-state index contributed by atoms with van der Waals surface area (Å²) in [5.41, 5.74) is 2.86. The van der Waals surface area contributed by atoms with Gasteiger partial charge in [0.05, 0.1) is 19.3 Å². The molecule has 2 aromatic carbocycles. The van der Waals surface area contributed by atoms with Crippen LogP contribution in [0, 0.1) is 0 Å². The fourth-order valence-electron chi connectivity index (χ4n) is 3.47. The van der Waals surface area contributed by atoms with Gasteiger partial charge in [-0.15, -0.1) is 0 Å². The van der Waals surface area contributed by atoms with E-state index >= 15 is 0 Å². The number of benzene rings is 2. The zero-order valence-electron chi connectivity index (χ0n) is 16.1. The molecule has 0 aliphatic carbocycles. The van der Waals surface area contributed by atoms with Crippen molar-refractivity contribution in [2.45, 2.75) is 19.5 Å². The molecule has 2 aliphatic rings. The summed E-state index contributed by atoms with van der Waals surface area (Å²) in [7, 11) is 0. The van der Waals surface area contributed by atoms with Gasteiger partial charge in [-0.25, -0.2) is 0 Å². The Morgan fingerprint density at radius 1 is 1.00 bits per heavy atom. The number of hydrogen-bond donors (Lipinski definition) is 1. The Morgan fingerprint density at radius 3 is 2.46 bits per heavy atom. The largest absolute Gasteiger partial charge is 0.486 e. The number of morpholine rings is 1. The monoisotopic (exact) mass is 382 g/mol. The third-order valence-electron chi connectivity index (χ3n) is 5.14. The molecule has 1 amide bonds. The maximum absolute atomic E-state index is 12.6. The first-order valence-electron chi connectivity index (χ1n) is 9.78. The molecule has 1 fully saturated rings. The lowest BCUT2D eigenvalue weighted by molar-refractivity contribution is 0.0342. The maximum Gasteiger partial charge on any atom is 0.251 e. The Bertz CT molecular complexity index is 816. The van der Waals surface area contributed by atoms with Crippen LogP contribution in [0.1, 0.15) is 34.5 Å². The van der Waals surface area contributed by atoms with E-state index in [0.29, 0.717) is 18.8 Å². The summed E-state index contributed by atoms with van der Waals surface area (Å²) in [5.74, 6) is 1.40. The van der Waals surface area contributed by atoms with Crippen LogP contribution >= 0.6 is 0 Å². The number of amides is 1. The predicted octanol–water partition coefficient (Wildman–Crippen LogP) is 2.78. The first-order chi connectivity index (χ1) is 13.7. The van der Waals surface area contributed by atoms with Gasteiger partial charge in [-0.1, -0.05) is 18.2 Å². The molecule has 0 radical (unpaired) electrons. The number of rotatable bonds is 5. The molecule has 4 rings (SSSR count). The van der Waals surface area contributed by atoms with Gasteiger partial charge in [0.25, 0.3) is 5.91 Å². The van der Waals surface area contributed by atoms with Crippen LogP contribution < -0.4 is 14.8 Å². The Hall–Kier alpha value is -2.57. The highest BCUT2D eigenvalue weighted by Crippen LogP contribution is 2.32. The molecule has 6 heteroatoms. The van der Waals surface area contributed by atoms with Gasteiger partial charge in [0.15, 0.2) is 11.5 Å². The smallest absolute Gasteiger partial charge is 0.251 e. The van der Waals surface area contributed by atoms with Crippen LogP contribution in [0.25, 0.3) is 0 Å². The van der Waals surface area contributed by atoms with Gasteiger partial charge in [-0.2, -0.15) is 0 Å². The number of nitrogens with zero attached hydrogens (tertiary/aromatic N) is 1. The molecule has 2 aromatic rings. The fourth-order valence-corrected chi connectivity index (χ4v) is 3.47. The van der Waals surface area contributed by atoms with Crippen LogP contribution in [-0.4, -0.2) is 50.3 Å². The minimum absolute atomic E-state index is 0.0830. The van der Waals surface area contributed by atoms with E-state index in [9.17, 15) is 4.79 Å². The van der Waals surface area contributed by atoms with Crippen LogP contribution in [0.2, 0.25) is 0 Å². The van der Waals surface area contributed by atoms with E-state index in [1.807, 2.05) is 49.4 Å². The number of nitrogens with one attached hydrogen (secondary N) is 1. The van der Waals surface area contributed by atoms with Gasteiger partial charge in [-0.05, 0) is 42.3 Å². The SMILES string of the molecule is CC(NC(=O)c1ccc(CN2CCOCC2)cc1)c1ccc2c(c1)OCCO2. The van der Waals surface area contributed by atoms with Gasteiger partial charge >= 0.3 is 0 Å². The van der Waals surface area contributed by atoms with Gasteiger partial charge in [-0.3, -0.25) is 9.69 Å². The summed E-state index contributed by atoms with van der Waals surface area (Å²) in [6, 6.07) is 13.5. The average molecular weight is 382 g/mol. The zero-order chi connectivity index (χ0) is 19.3. The molecule has 0 aromatic heterocycles. The molecular formula is C22H26N2O4. The van der Waals surface area contributed by atoms with E-state index in [2.05, 4.69) is 10.2 Å². The maximum atomic E-state index is 12.6. The van der Waals surface area contributed by atoms with E-state index in [-0.39, 0.29) is 11.9 Å². The Labute approximate surface area is 165 Å². The summed E-state index contributed by atoms with van der Waals surface area (Å²) < 4.78 is 16.6. The molecule has 0 spiro atoms. The van der Waals surface area contributed by atoms with Gasteiger partial charge in [0.2, 0.25) is 0 Å². The fraction of sp³-hybridized carbons (Fsp3) is 0.409. The second kappa shape index (κ2) is 8.63. The molecule has 1 unspecified atom stereocenters. The van der Waals surface area contributed by atoms with Crippen LogP contribution in [-0.2, 0) is 11.3 Å². The van der Waals surface area contributed by atoms with Crippen LogP contribution in [0.4, 0.5) is 0 Å². The van der Waals surface area contributed by atoms with Crippen molar-refractivity contribution in [3.8, 4) is 11.5 Å². The lowest BCUT2D eigenvalue weighted by atomic mass is 10.1. The van der Waals surface area contributed by atoms with E-state index in [4.69, 9.17) is 14.2 Å². The number of ether oxygens (including phenoxy) is 3. The number of carbonyl (C=O) groups is 1. The summed E-state index contributed by atoms with van der Waals surface area (Å²) in [6.45, 7) is 7.46. The first kappa shape index (κ1) is 18.8. The van der Waals surface area contributed by atoms with Crippen molar-refractivity contribution < 1.29 is 19.0 Å². The van der Waals surface area contributed by atoms with E-state index in [1.54, 1.807) is 0 Å². The van der Waals surface area contributed by atoms with Crippen molar-refractivity contribution in [3.63, 3.8) is 0 Å². The lowest BCUT2D eigenvalue weighted by Gasteiger charge is -2.26. The molecule has 1 N–H and O–H groups in total. The zero-order valence-corrected chi connectivity index (χ0v) is 16.1. The Morgan fingerprint density at radius 2 is 1.71 bits per heavy atom. The van der Waals surface area contributed by atoms with Crippen LogP contribution in [0.3, 0.4) is 0 Å². The van der Waals surface area contributed by atoms with E-state index in [0.717, 1.165) is 49.9 Å². The second-order valence-corrected chi connectivity index (χ2v) is 7.18. The highest BCUT2D eigenvalue weighted by Gasteiger charge is 2.17. The lowest BCUT2D eigenvalue weighted by Crippen LogP contribution is -2.35. The molecule has 0 bridgehead atoms. The Kier molecular flexibility index (Phi) is 5.78. The number of hydrogen-bond acceptors (Lipinski definition) is 5. The molecular weight excluding hydrogens is 356 g/mol. The summed E-state index contributed by atoms with van der Waals surface area (Å²) in [6.07, 6.45) is 0. The Balaban J connectivity index is 1.36. The average Bonchev–Trinajstić information content (AvgIpc) is 2.74. The standard InChI is InChI=1S/C22H26N2O4/c1-16(19-6-7-20-21(14-19)28-13-12-27-20)23-22(25)18-4-2-17(3-5-18)15-24-8-10-26-11-9-24/h2-7,14,16H,8-13,15H2,1H3,(H,23,25). The summed E-state index contributed by atoms with van der Waals surface area (Å²) in [5, 5.41) is 3.06. The van der Waals surface area contributed by atoms with Crippen molar-refractivity contribution in [2.75, 3.05) is 39.5 Å². The topological polar surface area (TPSA) is 60.0 Å². The summed E-state index contributed by atoms with van der Waals surface area (Å²) in [4.78, 5) is 15.0. The number of fused-ring (bicyclic) bond motifs is 1.